The van der Waals surface area contributed by atoms with Gasteiger partial charge in [-0.1, -0.05) is 35.4 Å². The van der Waals surface area contributed by atoms with E-state index < -0.39 is 15.8 Å². The standard InChI is InChI=1S/C11H7Cl2FN2O2S3/c12-9-4-8(10(13)20-9)21(17,18)16-7-2-1-5(11(15)19)3-6(7)14/h1-4,16H,(H2,15,19). The van der Waals surface area contributed by atoms with E-state index in [1.54, 1.807) is 0 Å². The van der Waals surface area contributed by atoms with E-state index in [0.717, 1.165) is 17.4 Å². The summed E-state index contributed by atoms with van der Waals surface area (Å²) in [5.74, 6) is -0.804. The lowest BCUT2D eigenvalue weighted by Crippen LogP contribution is -2.15. The Labute approximate surface area is 139 Å². The van der Waals surface area contributed by atoms with Gasteiger partial charge in [0.25, 0.3) is 10.0 Å². The predicted octanol–water partition coefficient (Wildman–Crippen LogP) is 3.63. The Morgan fingerprint density at radius 1 is 1.33 bits per heavy atom. The van der Waals surface area contributed by atoms with Crippen LogP contribution in [0.3, 0.4) is 0 Å². The number of sulfonamides is 1. The molecule has 1 heterocycles. The fraction of sp³-hybridized carbons (Fsp3) is 0. The maximum Gasteiger partial charge on any atom is 0.264 e. The maximum absolute atomic E-state index is 13.9. The molecule has 0 spiro atoms. The molecule has 0 fully saturated rings. The van der Waals surface area contributed by atoms with E-state index in [4.69, 9.17) is 41.2 Å². The first kappa shape index (κ1) is 16.4. The van der Waals surface area contributed by atoms with Crippen molar-refractivity contribution in [2.75, 3.05) is 4.72 Å². The fourth-order valence-corrected chi connectivity index (χ4v) is 4.80. The van der Waals surface area contributed by atoms with Crippen LogP contribution in [0.15, 0.2) is 29.2 Å². The number of rotatable bonds is 4. The number of thiophene rings is 1. The average molecular weight is 385 g/mol. The quantitative estimate of drug-likeness (QED) is 0.789. The molecule has 4 nitrogen and oxygen atoms in total. The van der Waals surface area contributed by atoms with Crippen molar-refractivity contribution in [2.45, 2.75) is 4.90 Å². The Hall–Kier alpha value is -0.930. The van der Waals surface area contributed by atoms with Crippen molar-refractivity contribution in [3.63, 3.8) is 0 Å². The predicted molar refractivity (Wildman–Crippen MR) is 87.4 cm³/mol. The van der Waals surface area contributed by atoms with Gasteiger partial charge in [-0.2, -0.15) is 0 Å². The van der Waals surface area contributed by atoms with E-state index in [1.165, 1.54) is 18.2 Å². The van der Waals surface area contributed by atoms with Crippen LogP contribution in [-0.4, -0.2) is 13.4 Å². The highest BCUT2D eigenvalue weighted by atomic mass is 35.5. The summed E-state index contributed by atoms with van der Waals surface area (Å²) in [7, 11) is -4.04. The summed E-state index contributed by atoms with van der Waals surface area (Å²) in [6.07, 6.45) is 0. The van der Waals surface area contributed by atoms with Crippen LogP contribution in [-0.2, 0) is 10.0 Å². The zero-order valence-corrected chi connectivity index (χ0v) is 14.0. The molecular formula is C11H7Cl2FN2O2S3. The third-order valence-corrected chi connectivity index (χ3v) is 5.77. The molecule has 21 heavy (non-hydrogen) atoms. The molecule has 0 aliphatic rings. The lowest BCUT2D eigenvalue weighted by Gasteiger charge is -2.09. The topological polar surface area (TPSA) is 72.2 Å². The Balaban J connectivity index is 2.37. The summed E-state index contributed by atoms with van der Waals surface area (Å²) >= 11 is 17.1. The van der Waals surface area contributed by atoms with Crippen LogP contribution < -0.4 is 10.5 Å². The van der Waals surface area contributed by atoms with Crippen molar-refractivity contribution in [3.05, 3.63) is 44.3 Å². The molecule has 0 amide bonds. The molecular weight excluding hydrogens is 378 g/mol. The highest BCUT2D eigenvalue weighted by molar-refractivity contribution is 7.93. The molecule has 0 aliphatic heterocycles. The van der Waals surface area contributed by atoms with Crippen LogP contribution in [0.1, 0.15) is 5.56 Å². The zero-order chi connectivity index (χ0) is 15.8. The number of benzene rings is 1. The molecule has 3 N–H and O–H groups in total. The maximum atomic E-state index is 13.9. The number of anilines is 1. The minimum absolute atomic E-state index is 0.00679. The third kappa shape index (κ3) is 3.64. The highest BCUT2D eigenvalue weighted by Crippen LogP contribution is 2.35. The summed E-state index contributed by atoms with van der Waals surface area (Å²) < 4.78 is 40.5. The van der Waals surface area contributed by atoms with Crippen molar-refractivity contribution < 1.29 is 12.8 Å². The largest absolute Gasteiger partial charge is 0.389 e. The third-order valence-electron chi connectivity index (χ3n) is 2.41. The molecule has 1 aromatic carbocycles. The van der Waals surface area contributed by atoms with Crippen molar-refractivity contribution >= 4 is 67.5 Å². The summed E-state index contributed by atoms with van der Waals surface area (Å²) in [5, 5.41) is 0. The summed E-state index contributed by atoms with van der Waals surface area (Å²) in [4.78, 5) is -0.201. The van der Waals surface area contributed by atoms with Crippen molar-refractivity contribution in [1.29, 1.82) is 0 Å². The summed E-state index contributed by atoms with van der Waals surface area (Å²) in [6, 6.07) is 4.87. The van der Waals surface area contributed by atoms with Crippen LogP contribution in [0.25, 0.3) is 0 Å². The lowest BCUT2D eigenvalue weighted by atomic mass is 10.2. The van der Waals surface area contributed by atoms with Gasteiger partial charge >= 0.3 is 0 Å². The molecule has 112 valence electrons. The minimum Gasteiger partial charge on any atom is -0.389 e. The molecule has 2 rings (SSSR count). The fourth-order valence-electron chi connectivity index (χ4n) is 1.46. The molecule has 0 saturated heterocycles. The second kappa shape index (κ2) is 6.05. The second-order valence-electron chi connectivity index (χ2n) is 3.85. The van der Waals surface area contributed by atoms with E-state index in [2.05, 4.69) is 4.72 Å². The van der Waals surface area contributed by atoms with Crippen LogP contribution in [0.2, 0.25) is 8.67 Å². The Kier molecular flexibility index (Phi) is 4.74. The summed E-state index contributed by atoms with van der Waals surface area (Å²) in [5.41, 5.74) is 5.42. The first-order valence-corrected chi connectivity index (χ1v) is 8.74. The molecule has 1 aromatic heterocycles. The van der Waals surface area contributed by atoms with E-state index >= 15 is 0 Å². The van der Waals surface area contributed by atoms with Crippen LogP contribution in [0.4, 0.5) is 10.1 Å². The Morgan fingerprint density at radius 3 is 2.48 bits per heavy atom. The zero-order valence-electron chi connectivity index (χ0n) is 10.1. The molecule has 2 aromatic rings. The van der Waals surface area contributed by atoms with Gasteiger partial charge in [0, 0.05) is 5.56 Å². The number of hydrogen-bond acceptors (Lipinski definition) is 4. The first-order chi connectivity index (χ1) is 9.70. The Bertz CT molecular complexity index is 821. The number of nitrogens with one attached hydrogen (secondary N) is 1. The minimum atomic E-state index is -4.04. The van der Waals surface area contributed by atoms with Crippen LogP contribution >= 0.6 is 46.8 Å². The van der Waals surface area contributed by atoms with Crippen molar-refractivity contribution in [1.82, 2.24) is 0 Å². The monoisotopic (exact) mass is 384 g/mol. The lowest BCUT2D eigenvalue weighted by molar-refractivity contribution is 0.599. The second-order valence-corrected chi connectivity index (χ2v) is 8.23. The number of hydrogen-bond donors (Lipinski definition) is 2. The van der Waals surface area contributed by atoms with Gasteiger partial charge in [0.2, 0.25) is 0 Å². The SMILES string of the molecule is NC(=S)c1ccc(NS(=O)(=O)c2cc(Cl)sc2Cl)c(F)c1. The molecule has 0 aliphatic carbocycles. The van der Waals surface area contributed by atoms with Gasteiger partial charge in [-0.3, -0.25) is 4.72 Å². The number of thiocarbonyl (C=S) groups is 1. The highest BCUT2D eigenvalue weighted by Gasteiger charge is 2.22. The van der Waals surface area contributed by atoms with Crippen molar-refractivity contribution in [3.8, 4) is 0 Å². The van der Waals surface area contributed by atoms with Gasteiger partial charge in [-0.15, -0.1) is 11.3 Å². The van der Waals surface area contributed by atoms with Gasteiger partial charge in [0.1, 0.15) is 20.0 Å². The van der Waals surface area contributed by atoms with Crippen molar-refractivity contribution in [2.24, 2.45) is 5.73 Å². The molecule has 10 heteroatoms. The normalized spacial score (nSPS) is 11.4. The summed E-state index contributed by atoms with van der Waals surface area (Å²) in [6.45, 7) is 0. The number of halogens is 3. The van der Waals surface area contributed by atoms with E-state index in [1.807, 2.05) is 0 Å². The van der Waals surface area contributed by atoms with E-state index in [-0.39, 0.29) is 24.2 Å². The van der Waals surface area contributed by atoms with Crippen LogP contribution in [0.5, 0.6) is 0 Å². The van der Waals surface area contributed by atoms with Crippen LogP contribution in [0, 0.1) is 5.82 Å². The molecule has 0 atom stereocenters. The molecule has 0 unspecified atom stereocenters. The van der Waals surface area contributed by atoms with E-state index in [9.17, 15) is 12.8 Å². The van der Waals surface area contributed by atoms with Gasteiger partial charge in [0.05, 0.1) is 10.0 Å². The van der Waals surface area contributed by atoms with Gasteiger partial charge in [-0.05, 0) is 24.3 Å². The Morgan fingerprint density at radius 2 is 2.00 bits per heavy atom. The molecule has 0 radical (unpaired) electrons. The number of nitrogens with two attached hydrogens (primary N) is 1. The van der Waals surface area contributed by atoms with Gasteiger partial charge < -0.3 is 5.73 Å². The van der Waals surface area contributed by atoms with E-state index in [0.29, 0.717) is 5.56 Å². The molecule has 0 bridgehead atoms. The smallest absolute Gasteiger partial charge is 0.264 e. The van der Waals surface area contributed by atoms with Gasteiger partial charge in [0.15, 0.2) is 0 Å². The average Bonchev–Trinajstić information content (AvgIpc) is 2.71. The van der Waals surface area contributed by atoms with Gasteiger partial charge in [-0.25, -0.2) is 12.8 Å². The molecule has 0 saturated carbocycles. The first-order valence-electron chi connectivity index (χ1n) is 5.27.